The van der Waals surface area contributed by atoms with E-state index in [2.05, 4.69) is 20.2 Å². The van der Waals surface area contributed by atoms with E-state index in [1.54, 1.807) is 42.9 Å². The van der Waals surface area contributed by atoms with Crippen LogP contribution in [0.15, 0.2) is 61.1 Å². The lowest BCUT2D eigenvalue weighted by Gasteiger charge is -2.12. The van der Waals surface area contributed by atoms with Crippen molar-refractivity contribution in [1.29, 1.82) is 0 Å². The Kier molecular flexibility index (Phi) is 3.44. The molecule has 6 heteroatoms. The lowest BCUT2D eigenvalue weighted by Crippen LogP contribution is -1.99. The number of aliphatic hydroxyl groups is 1. The Bertz CT molecular complexity index is 981. The van der Waals surface area contributed by atoms with E-state index in [1.807, 2.05) is 18.2 Å². The molecule has 0 amide bonds. The molecule has 0 aliphatic heterocycles. The molecule has 24 heavy (non-hydrogen) atoms. The highest BCUT2D eigenvalue weighted by Gasteiger charge is 2.19. The van der Waals surface area contributed by atoms with Crippen LogP contribution in [0.3, 0.4) is 0 Å². The number of rotatable bonds is 3. The molecule has 0 saturated carbocycles. The molecule has 4 rings (SSSR count). The Hall–Kier alpha value is -3.25. The van der Waals surface area contributed by atoms with Gasteiger partial charge in [-0.15, -0.1) is 5.10 Å². The first-order valence-electron chi connectivity index (χ1n) is 7.45. The van der Waals surface area contributed by atoms with Crippen LogP contribution in [0, 0.1) is 0 Å². The normalized spacial score (nSPS) is 12.4. The van der Waals surface area contributed by atoms with E-state index in [9.17, 15) is 10.2 Å². The molecule has 3 heterocycles. The summed E-state index contributed by atoms with van der Waals surface area (Å²) in [7, 11) is 0. The van der Waals surface area contributed by atoms with Gasteiger partial charge in [-0.2, -0.15) is 5.10 Å². The van der Waals surface area contributed by atoms with E-state index in [-0.39, 0.29) is 5.75 Å². The largest absolute Gasteiger partial charge is 0.508 e. The minimum absolute atomic E-state index is 0.157. The average molecular weight is 318 g/mol. The highest BCUT2D eigenvalue weighted by Crippen LogP contribution is 2.34. The molecule has 1 unspecified atom stereocenters. The SMILES string of the molecule is Oc1ccc(C(O)c2c[nH]c3nncc(-c4ccccn4)c23)cc1. The van der Waals surface area contributed by atoms with E-state index in [4.69, 9.17) is 0 Å². The fourth-order valence-corrected chi connectivity index (χ4v) is 2.77. The molecular weight excluding hydrogens is 304 g/mol. The molecule has 0 radical (unpaired) electrons. The number of phenols is 1. The molecule has 3 N–H and O–H groups in total. The third kappa shape index (κ3) is 2.39. The van der Waals surface area contributed by atoms with Crippen LogP contribution in [-0.2, 0) is 0 Å². The maximum Gasteiger partial charge on any atom is 0.161 e. The van der Waals surface area contributed by atoms with Crippen molar-refractivity contribution in [2.75, 3.05) is 0 Å². The van der Waals surface area contributed by atoms with Gasteiger partial charge in [-0.05, 0) is 29.8 Å². The van der Waals surface area contributed by atoms with Crippen molar-refractivity contribution in [3.05, 3.63) is 72.2 Å². The first-order valence-corrected chi connectivity index (χ1v) is 7.45. The van der Waals surface area contributed by atoms with Crippen LogP contribution in [-0.4, -0.2) is 30.4 Å². The lowest BCUT2D eigenvalue weighted by atomic mass is 9.98. The second-order valence-electron chi connectivity index (χ2n) is 5.43. The summed E-state index contributed by atoms with van der Waals surface area (Å²) in [4.78, 5) is 7.42. The van der Waals surface area contributed by atoms with E-state index in [1.165, 1.54) is 0 Å². The monoisotopic (exact) mass is 318 g/mol. The number of hydrogen-bond acceptors (Lipinski definition) is 5. The number of pyridine rings is 1. The first kappa shape index (κ1) is 14.3. The van der Waals surface area contributed by atoms with E-state index in [0.29, 0.717) is 16.8 Å². The number of aromatic nitrogens is 4. The van der Waals surface area contributed by atoms with Crippen LogP contribution in [0.2, 0.25) is 0 Å². The number of nitrogens with zero attached hydrogens (tertiary/aromatic N) is 3. The van der Waals surface area contributed by atoms with Crippen molar-refractivity contribution >= 4 is 11.0 Å². The fourth-order valence-electron chi connectivity index (χ4n) is 2.77. The van der Waals surface area contributed by atoms with Gasteiger partial charge in [0.2, 0.25) is 0 Å². The smallest absolute Gasteiger partial charge is 0.161 e. The minimum Gasteiger partial charge on any atom is -0.508 e. The number of aliphatic hydroxyl groups excluding tert-OH is 1. The number of nitrogens with one attached hydrogen (secondary N) is 1. The van der Waals surface area contributed by atoms with Crippen LogP contribution < -0.4 is 0 Å². The fraction of sp³-hybridized carbons (Fsp3) is 0.0556. The van der Waals surface area contributed by atoms with E-state index in [0.717, 1.165) is 16.6 Å². The molecule has 118 valence electrons. The standard InChI is InChI=1S/C18H14N4O2/c23-12-6-4-11(5-7-12)17(24)14-9-20-18-16(14)13(10-21-22-18)15-3-1-2-8-19-15/h1-10,17,23-24H,(H,20,22). The molecule has 0 bridgehead atoms. The van der Waals surface area contributed by atoms with Gasteiger partial charge >= 0.3 is 0 Å². The summed E-state index contributed by atoms with van der Waals surface area (Å²) in [6.45, 7) is 0. The van der Waals surface area contributed by atoms with Gasteiger partial charge in [0.1, 0.15) is 11.9 Å². The minimum atomic E-state index is -0.856. The summed E-state index contributed by atoms with van der Waals surface area (Å²) in [6.07, 6.45) is 4.23. The van der Waals surface area contributed by atoms with Crippen molar-refractivity contribution in [1.82, 2.24) is 20.2 Å². The Labute approximate surface area is 137 Å². The molecule has 0 aliphatic carbocycles. The molecule has 1 atom stereocenters. The molecule has 6 nitrogen and oxygen atoms in total. The molecule has 0 fully saturated rings. The van der Waals surface area contributed by atoms with E-state index >= 15 is 0 Å². The highest BCUT2D eigenvalue weighted by atomic mass is 16.3. The summed E-state index contributed by atoms with van der Waals surface area (Å²) >= 11 is 0. The summed E-state index contributed by atoms with van der Waals surface area (Å²) in [6, 6.07) is 12.1. The number of benzene rings is 1. The van der Waals surface area contributed by atoms with Crippen LogP contribution in [0.1, 0.15) is 17.2 Å². The second-order valence-corrected chi connectivity index (χ2v) is 5.43. The quantitative estimate of drug-likeness (QED) is 0.540. The number of hydrogen-bond donors (Lipinski definition) is 3. The number of aromatic amines is 1. The summed E-state index contributed by atoms with van der Waals surface area (Å²) in [5.41, 5.74) is 3.51. The lowest BCUT2D eigenvalue weighted by molar-refractivity contribution is 0.222. The van der Waals surface area contributed by atoms with E-state index < -0.39 is 6.10 Å². The van der Waals surface area contributed by atoms with Gasteiger partial charge in [0.15, 0.2) is 5.65 Å². The maximum absolute atomic E-state index is 10.8. The predicted molar refractivity (Wildman–Crippen MR) is 89.3 cm³/mol. The summed E-state index contributed by atoms with van der Waals surface area (Å²) in [5, 5.41) is 29.1. The van der Waals surface area contributed by atoms with Gasteiger partial charge in [0.25, 0.3) is 0 Å². The second kappa shape index (κ2) is 5.75. The first-order chi connectivity index (χ1) is 11.7. The molecular formula is C18H14N4O2. The van der Waals surface area contributed by atoms with Gasteiger partial charge in [-0.25, -0.2) is 0 Å². The van der Waals surface area contributed by atoms with Crippen molar-refractivity contribution < 1.29 is 10.2 Å². The highest BCUT2D eigenvalue weighted by molar-refractivity contribution is 5.94. The third-order valence-corrected chi connectivity index (χ3v) is 3.95. The Morgan fingerprint density at radius 2 is 1.88 bits per heavy atom. The molecule has 3 aromatic heterocycles. The van der Waals surface area contributed by atoms with Gasteiger partial charge in [-0.3, -0.25) is 4.98 Å². The van der Waals surface area contributed by atoms with Gasteiger partial charge in [-0.1, -0.05) is 18.2 Å². The number of H-pyrrole nitrogens is 1. The molecule has 4 aromatic rings. The number of fused-ring (bicyclic) bond motifs is 1. The number of phenolic OH excluding ortho intramolecular Hbond substituents is 1. The third-order valence-electron chi connectivity index (χ3n) is 3.95. The Morgan fingerprint density at radius 1 is 1.04 bits per heavy atom. The molecule has 0 aliphatic rings. The summed E-state index contributed by atoms with van der Waals surface area (Å²) < 4.78 is 0. The zero-order chi connectivity index (χ0) is 16.5. The summed E-state index contributed by atoms with van der Waals surface area (Å²) in [5.74, 6) is 0.157. The zero-order valence-electron chi connectivity index (χ0n) is 12.6. The molecule has 0 spiro atoms. The van der Waals surface area contributed by atoms with Gasteiger partial charge in [0, 0.05) is 28.9 Å². The van der Waals surface area contributed by atoms with Crippen LogP contribution in [0.4, 0.5) is 0 Å². The van der Waals surface area contributed by atoms with Crippen LogP contribution in [0.5, 0.6) is 5.75 Å². The molecule has 0 saturated heterocycles. The van der Waals surface area contributed by atoms with Crippen molar-refractivity contribution in [2.45, 2.75) is 6.10 Å². The Morgan fingerprint density at radius 3 is 2.62 bits per heavy atom. The van der Waals surface area contributed by atoms with Crippen molar-refractivity contribution in [3.8, 4) is 17.0 Å². The maximum atomic E-state index is 10.8. The molecule has 1 aromatic carbocycles. The average Bonchev–Trinajstić information content (AvgIpc) is 3.06. The van der Waals surface area contributed by atoms with Crippen molar-refractivity contribution in [3.63, 3.8) is 0 Å². The predicted octanol–water partition coefficient (Wildman–Crippen LogP) is 2.81. The van der Waals surface area contributed by atoms with Crippen LogP contribution >= 0.6 is 0 Å². The topological polar surface area (TPSA) is 94.9 Å². The van der Waals surface area contributed by atoms with Gasteiger partial charge < -0.3 is 15.2 Å². The van der Waals surface area contributed by atoms with Gasteiger partial charge in [0.05, 0.1) is 11.9 Å². The van der Waals surface area contributed by atoms with Crippen LogP contribution in [0.25, 0.3) is 22.3 Å². The zero-order valence-corrected chi connectivity index (χ0v) is 12.6. The Balaban J connectivity index is 1.89. The van der Waals surface area contributed by atoms with Crippen molar-refractivity contribution in [2.24, 2.45) is 0 Å². The number of aromatic hydroxyl groups is 1.